The van der Waals surface area contributed by atoms with Crippen molar-refractivity contribution in [2.45, 2.75) is 38.0 Å². The average Bonchev–Trinajstić information content (AvgIpc) is 3.46. The van der Waals surface area contributed by atoms with E-state index in [-0.39, 0.29) is 5.82 Å². The lowest BCUT2D eigenvalue weighted by Crippen LogP contribution is -2.46. The molecule has 0 aliphatic rings. The Morgan fingerprint density at radius 1 is 1.05 bits per heavy atom. The van der Waals surface area contributed by atoms with Crippen LogP contribution in [0.15, 0.2) is 61.1 Å². The third-order valence-electron chi connectivity index (χ3n) is 5.79. The van der Waals surface area contributed by atoms with Crippen LogP contribution in [-0.4, -0.2) is 43.1 Å². The van der Waals surface area contributed by atoms with Crippen molar-refractivity contribution in [3.8, 4) is 5.69 Å². The second-order valence-corrected chi connectivity index (χ2v) is 8.53. The molecule has 0 fully saturated rings. The van der Waals surface area contributed by atoms with Gasteiger partial charge in [-0.1, -0.05) is 12.1 Å². The van der Waals surface area contributed by atoms with E-state index >= 15 is 0 Å². The number of hydrogen-bond donors (Lipinski definition) is 2. The first-order valence-electron chi connectivity index (χ1n) is 10.9. The van der Waals surface area contributed by atoms with Crippen molar-refractivity contribution >= 4 is 22.7 Å². The van der Waals surface area contributed by atoms with Crippen molar-refractivity contribution in [2.75, 3.05) is 0 Å². The molecule has 2 aromatic heterocycles. The summed E-state index contributed by atoms with van der Waals surface area (Å²) in [7, 11) is 0. The minimum atomic E-state index is -4.57. The lowest BCUT2D eigenvalue weighted by atomic mass is 9.98. The van der Waals surface area contributed by atoms with Crippen LogP contribution in [0.25, 0.3) is 16.6 Å². The summed E-state index contributed by atoms with van der Waals surface area (Å²) in [6.07, 6.45) is -0.148. The predicted octanol–water partition coefficient (Wildman–Crippen LogP) is 4.09. The molecule has 2 atom stereocenters. The quantitative estimate of drug-likeness (QED) is 0.358. The highest BCUT2D eigenvalue weighted by Gasteiger charge is 2.36. The first-order valence-corrected chi connectivity index (χ1v) is 10.9. The summed E-state index contributed by atoms with van der Waals surface area (Å²) in [4.78, 5) is 27.6. The maximum atomic E-state index is 13.6. The van der Waals surface area contributed by atoms with E-state index in [0.717, 1.165) is 12.1 Å². The molecule has 0 saturated carbocycles. The molecular weight excluding hydrogens is 499 g/mol. The Kier molecular flexibility index (Phi) is 6.48. The number of amides is 2. The number of nitrogens with zero attached hydrogens (tertiary/aromatic N) is 4. The number of rotatable bonds is 7. The number of fused-ring (bicyclic) bond motifs is 1. The molecule has 2 amide bonds. The minimum Gasteiger partial charge on any atom is -0.363 e. The summed E-state index contributed by atoms with van der Waals surface area (Å²) in [5.74, 6) is -5.93. The Morgan fingerprint density at radius 2 is 1.73 bits per heavy atom. The number of nitrogens with one attached hydrogen (secondary N) is 1. The lowest BCUT2D eigenvalue weighted by Gasteiger charge is -2.28. The lowest BCUT2D eigenvalue weighted by molar-refractivity contribution is -0.144. The SMILES string of the molecule is C[C@H](NC(=O)C(C)(F)F)[C@@H](c1ccc(C(F)(F)F)cc1)n1ncc2cc(-n3ccnc3C(N)=O)ccc21. The van der Waals surface area contributed by atoms with Crippen LogP contribution in [0.1, 0.15) is 41.6 Å². The van der Waals surface area contributed by atoms with Gasteiger partial charge in [-0.2, -0.15) is 27.1 Å². The van der Waals surface area contributed by atoms with Gasteiger partial charge >= 0.3 is 12.1 Å². The molecular formula is C24H21F5N6O2. The van der Waals surface area contributed by atoms with E-state index in [1.165, 1.54) is 40.7 Å². The van der Waals surface area contributed by atoms with Gasteiger partial charge in [0.15, 0.2) is 0 Å². The molecule has 0 bridgehead atoms. The van der Waals surface area contributed by atoms with Crippen LogP contribution in [0.4, 0.5) is 22.0 Å². The van der Waals surface area contributed by atoms with Crippen molar-refractivity contribution in [2.24, 2.45) is 5.73 Å². The standard InChI is InChI=1S/C24H21F5N6O2/c1-13(33-22(37)23(2,25)26)19(14-3-5-16(6-4-14)24(27,28)29)35-18-8-7-17(11-15(18)12-32-35)34-10-9-31-21(34)20(30)36/h3-13,19H,1-2H3,(H2,30,36)(H,33,37)/t13-,19-/m0/s1. The van der Waals surface area contributed by atoms with Crippen LogP contribution in [0.3, 0.4) is 0 Å². The predicted molar refractivity (Wildman–Crippen MR) is 123 cm³/mol. The Labute approximate surface area is 206 Å². The summed E-state index contributed by atoms with van der Waals surface area (Å²) >= 11 is 0. The highest BCUT2D eigenvalue weighted by molar-refractivity contribution is 5.90. The molecule has 4 rings (SSSR count). The normalized spacial score (nSPS) is 13.9. The van der Waals surface area contributed by atoms with Crippen molar-refractivity contribution in [1.29, 1.82) is 0 Å². The smallest absolute Gasteiger partial charge is 0.363 e. The number of alkyl halides is 5. The number of hydrogen-bond acceptors (Lipinski definition) is 4. The third kappa shape index (κ3) is 5.15. The molecule has 37 heavy (non-hydrogen) atoms. The van der Waals surface area contributed by atoms with Crippen molar-refractivity contribution in [3.63, 3.8) is 0 Å². The number of nitrogens with two attached hydrogens (primary N) is 1. The first kappa shape index (κ1) is 25.8. The van der Waals surface area contributed by atoms with Crippen LogP contribution < -0.4 is 11.1 Å². The summed E-state index contributed by atoms with van der Waals surface area (Å²) in [6.45, 7) is 1.90. The monoisotopic (exact) mass is 520 g/mol. The molecule has 0 aliphatic heterocycles. The van der Waals surface area contributed by atoms with Crippen molar-refractivity contribution in [1.82, 2.24) is 24.6 Å². The summed E-state index contributed by atoms with van der Waals surface area (Å²) < 4.78 is 69.4. The molecule has 0 unspecified atom stereocenters. The van der Waals surface area contributed by atoms with Crippen LogP contribution in [0, 0.1) is 0 Å². The zero-order valence-corrected chi connectivity index (χ0v) is 19.5. The highest BCUT2D eigenvalue weighted by atomic mass is 19.4. The summed E-state index contributed by atoms with van der Waals surface area (Å²) in [5.41, 5.74) is 5.82. The van der Waals surface area contributed by atoms with E-state index in [1.807, 2.05) is 0 Å². The Bertz CT molecular complexity index is 1450. The Morgan fingerprint density at radius 3 is 2.32 bits per heavy atom. The fourth-order valence-corrected chi connectivity index (χ4v) is 4.03. The number of benzene rings is 2. The third-order valence-corrected chi connectivity index (χ3v) is 5.79. The van der Waals surface area contributed by atoms with Gasteiger partial charge < -0.3 is 11.1 Å². The van der Waals surface area contributed by atoms with Gasteiger partial charge in [0, 0.05) is 30.4 Å². The molecule has 3 N–H and O–H groups in total. The van der Waals surface area contributed by atoms with Gasteiger partial charge in [0.25, 0.3) is 11.8 Å². The maximum absolute atomic E-state index is 13.6. The van der Waals surface area contributed by atoms with E-state index < -0.39 is 41.6 Å². The van der Waals surface area contributed by atoms with E-state index in [9.17, 15) is 31.5 Å². The largest absolute Gasteiger partial charge is 0.416 e. The number of imidazole rings is 1. The van der Waals surface area contributed by atoms with Crippen molar-refractivity contribution in [3.05, 3.63) is 78.0 Å². The van der Waals surface area contributed by atoms with E-state index in [1.54, 1.807) is 24.4 Å². The minimum absolute atomic E-state index is 0.00574. The molecule has 0 aliphatic carbocycles. The second-order valence-electron chi connectivity index (χ2n) is 8.53. The number of halogens is 5. The van der Waals surface area contributed by atoms with Gasteiger partial charge in [0.1, 0.15) is 0 Å². The van der Waals surface area contributed by atoms with Crippen LogP contribution in [0.2, 0.25) is 0 Å². The van der Waals surface area contributed by atoms with Crippen LogP contribution in [-0.2, 0) is 11.0 Å². The Hall–Kier alpha value is -4.29. The molecule has 194 valence electrons. The van der Waals surface area contributed by atoms with E-state index in [4.69, 9.17) is 5.73 Å². The van der Waals surface area contributed by atoms with E-state index in [0.29, 0.717) is 29.1 Å². The zero-order chi connectivity index (χ0) is 27.1. The molecule has 4 aromatic rings. The summed E-state index contributed by atoms with van der Waals surface area (Å²) in [6, 6.07) is 7.21. The average molecular weight is 520 g/mol. The molecule has 8 nitrogen and oxygen atoms in total. The molecule has 2 aromatic carbocycles. The van der Waals surface area contributed by atoms with Crippen LogP contribution >= 0.6 is 0 Å². The van der Waals surface area contributed by atoms with Gasteiger partial charge in [0.05, 0.1) is 29.4 Å². The van der Waals surface area contributed by atoms with Gasteiger partial charge in [-0.15, -0.1) is 0 Å². The fraction of sp³-hybridized carbons (Fsp3) is 0.250. The molecule has 0 spiro atoms. The second kappa shape index (κ2) is 9.30. The first-order chi connectivity index (χ1) is 17.3. The zero-order valence-electron chi connectivity index (χ0n) is 19.5. The van der Waals surface area contributed by atoms with Gasteiger partial charge in [-0.25, -0.2) is 4.98 Å². The van der Waals surface area contributed by atoms with Crippen molar-refractivity contribution < 1.29 is 31.5 Å². The number of primary amides is 1. The number of aromatic nitrogens is 4. The van der Waals surface area contributed by atoms with Gasteiger partial charge in [0.2, 0.25) is 5.82 Å². The topological polar surface area (TPSA) is 108 Å². The fourth-order valence-electron chi connectivity index (χ4n) is 4.03. The molecule has 0 radical (unpaired) electrons. The maximum Gasteiger partial charge on any atom is 0.416 e. The number of carbonyl (C=O) groups excluding carboxylic acids is 2. The van der Waals surface area contributed by atoms with Gasteiger partial charge in [-0.3, -0.25) is 18.8 Å². The summed E-state index contributed by atoms with van der Waals surface area (Å²) in [5, 5.41) is 7.15. The van der Waals surface area contributed by atoms with E-state index in [2.05, 4.69) is 15.4 Å². The van der Waals surface area contributed by atoms with Gasteiger partial charge in [-0.05, 0) is 42.8 Å². The molecule has 2 heterocycles. The molecule has 13 heteroatoms. The van der Waals surface area contributed by atoms with Crippen LogP contribution in [0.5, 0.6) is 0 Å². The number of carbonyl (C=O) groups is 2. The molecule has 0 saturated heterocycles. The Balaban J connectivity index is 1.79. The highest BCUT2D eigenvalue weighted by Crippen LogP contribution is 2.33.